The van der Waals surface area contributed by atoms with Gasteiger partial charge in [-0.2, -0.15) is 0 Å². The van der Waals surface area contributed by atoms with Crippen LogP contribution in [0, 0.1) is 5.92 Å². The Labute approximate surface area is 141 Å². The van der Waals surface area contributed by atoms with Gasteiger partial charge in [-0.15, -0.1) is 0 Å². The summed E-state index contributed by atoms with van der Waals surface area (Å²) in [4.78, 5) is 10.8. The fraction of sp³-hybridized carbons (Fsp3) is 0.316. The molecule has 1 aliphatic carbocycles. The molecule has 2 atom stereocenters. The lowest BCUT2D eigenvalue weighted by molar-refractivity contribution is -0.0410. The molecular formula is C19H22N2O3. The normalized spacial score (nSPS) is 18.9. The zero-order valence-electron chi connectivity index (χ0n) is 13.5. The van der Waals surface area contributed by atoms with E-state index in [4.69, 9.17) is 10.5 Å². The van der Waals surface area contributed by atoms with Gasteiger partial charge in [-0.25, -0.2) is 9.86 Å². The van der Waals surface area contributed by atoms with Crippen LogP contribution in [0.15, 0.2) is 54.6 Å². The average Bonchev–Trinajstić information content (AvgIpc) is 3.39. The lowest BCUT2D eigenvalue weighted by atomic mass is 10.1. The van der Waals surface area contributed by atoms with Crippen LogP contribution in [0.3, 0.4) is 0 Å². The largest absolute Gasteiger partial charge is 0.489 e. The van der Waals surface area contributed by atoms with E-state index >= 15 is 0 Å². The van der Waals surface area contributed by atoms with Gasteiger partial charge in [0.05, 0.1) is 6.54 Å². The maximum absolute atomic E-state index is 10.8. The highest BCUT2D eigenvalue weighted by Gasteiger charge is 2.38. The summed E-state index contributed by atoms with van der Waals surface area (Å²) in [6.07, 6.45) is 1.84. The summed E-state index contributed by atoms with van der Waals surface area (Å²) < 4.78 is 5.79. The van der Waals surface area contributed by atoms with E-state index in [0.29, 0.717) is 23.5 Å². The van der Waals surface area contributed by atoms with Crippen molar-refractivity contribution in [3.05, 3.63) is 65.7 Å². The highest BCUT2D eigenvalue weighted by Crippen LogP contribution is 2.49. The Hall–Kier alpha value is -2.53. The van der Waals surface area contributed by atoms with Crippen LogP contribution in [0.2, 0.25) is 0 Å². The lowest BCUT2D eigenvalue weighted by Crippen LogP contribution is -2.33. The zero-order valence-corrected chi connectivity index (χ0v) is 13.5. The van der Waals surface area contributed by atoms with Crippen molar-refractivity contribution in [1.29, 1.82) is 0 Å². The summed E-state index contributed by atoms with van der Waals surface area (Å²) in [5.41, 5.74) is 7.42. The van der Waals surface area contributed by atoms with Crippen LogP contribution in [0.25, 0.3) is 0 Å². The van der Waals surface area contributed by atoms with Crippen molar-refractivity contribution >= 4 is 6.03 Å². The molecule has 2 aromatic rings. The van der Waals surface area contributed by atoms with Crippen molar-refractivity contribution in [1.82, 2.24) is 5.06 Å². The first-order valence-electron chi connectivity index (χ1n) is 8.16. The highest BCUT2D eigenvalue weighted by molar-refractivity contribution is 5.70. The quantitative estimate of drug-likeness (QED) is 0.604. The maximum Gasteiger partial charge on any atom is 0.338 e. The molecule has 0 spiro atoms. The predicted molar refractivity (Wildman–Crippen MR) is 90.8 cm³/mol. The van der Waals surface area contributed by atoms with Crippen LogP contribution in [0.5, 0.6) is 5.75 Å². The van der Waals surface area contributed by atoms with Crippen molar-refractivity contribution in [2.24, 2.45) is 11.7 Å². The molecule has 24 heavy (non-hydrogen) atoms. The van der Waals surface area contributed by atoms with Crippen LogP contribution in [0.1, 0.15) is 29.9 Å². The Morgan fingerprint density at radius 3 is 2.54 bits per heavy atom. The highest BCUT2D eigenvalue weighted by atomic mass is 16.5. The van der Waals surface area contributed by atoms with E-state index in [1.807, 2.05) is 42.5 Å². The Balaban J connectivity index is 1.46. The minimum absolute atomic E-state index is 0.286. The number of nitrogens with two attached hydrogens (primary N) is 1. The van der Waals surface area contributed by atoms with Gasteiger partial charge in [0.25, 0.3) is 0 Å². The first-order chi connectivity index (χ1) is 11.6. The molecule has 126 valence electrons. The molecule has 0 bridgehead atoms. The fourth-order valence-electron chi connectivity index (χ4n) is 2.93. The third-order valence-corrected chi connectivity index (χ3v) is 4.45. The van der Waals surface area contributed by atoms with Gasteiger partial charge in [0.2, 0.25) is 0 Å². The Kier molecular flexibility index (Phi) is 5.01. The molecule has 3 rings (SSSR count). The van der Waals surface area contributed by atoms with Gasteiger partial charge in [0, 0.05) is 0 Å². The number of hydrogen-bond acceptors (Lipinski definition) is 3. The lowest BCUT2D eigenvalue weighted by Gasteiger charge is -2.11. The van der Waals surface area contributed by atoms with Gasteiger partial charge in [-0.3, -0.25) is 5.21 Å². The molecule has 1 fully saturated rings. The topological polar surface area (TPSA) is 75.8 Å². The average molecular weight is 326 g/mol. The zero-order chi connectivity index (χ0) is 16.9. The second-order valence-corrected chi connectivity index (χ2v) is 6.20. The molecular weight excluding hydrogens is 304 g/mol. The number of carbonyl (C=O) groups excluding carboxylic acids is 1. The molecule has 1 aliphatic rings. The second-order valence-electron chi connectivity index (χ2n) is 6.20. The summed E-state index contributed by atoms with van der Waals surface area (Å²) in [6.45, 7) is 0.848. The van der Waals surface area contributed by atoms with Crippen molar-refractivity contribution in [2.75, 3.05) is 6.54 Å². The van der Waals surface area contributed by atoms with E-state index in [1.54, 1.807) is 0 Å². The van der Waals surface area contributed by atoms with E-state index in [2.05, 4.69) is 12.1 Å². The van der Waals surface area contributed by atoms with E-state index in [-0.39, 0.29) is 6.54 Å². The number of hydroxylamine groups is 2. The molecule has 0 aromatic heterocycles. The van der Waals surface area contributed by atoms with E-state index in [1.165, 1.54) is 5.56 Å². The number of benzene rings is 2. The number of ether oxygens (including phenoxy) is 1. The monoisotopic (exact) mass is 326 g/mol. The minimum atomic E-state index is -0.799. The van der Waals surface area contributed by atoms with Gasteiger partial charge in [0.1, 0.15) is 12.4 Å². The maximum atomic E-state index is 10.8. The molecule has 0 radical (unpaired) electrons. The minimum Gasteiger partial charge on any atom is -0.489 e. The van der Waals surface area contributed by atoms with Crippen LogP contribution < -0.4 is 10.5 Å². The fourth-order valence-corrected chi connectivity index (χ4v) is 2.93. The predicted octanol–water partition coefficient (Wildman–Crippen LogP) is 3.53. The summed E-state index contributed by atoms with van der Waals surface area (Å²) in [5.74, 6) is 1.85. The number of hydrogen-bond donors (Lipinski definition) is 2. The molecule has 2 aromatic carbocycles. The number of carbonyl (C=O) groups is 1. The van der Waals surface area contributed by atoms with Gasteiger partial charge in [-0.05, 0) is 47.9 Å². The van der Waals surface area contributed by atoms with Crippen molar-refractivity contribution < 1.29 is 14.7 Å². The summed E-state index contributed by atoms with van der Waals surface area (Å²) >= 11 is 0. The molecule has 0 saturated heterocycles. The summed E-state index contributed by atoms with van der Waals surface area (Å²) in [7, 11) is 0. The second kappa shape index (κ2) is 7.36. The SMILES string of the molecule is NC(=O)N(O)CCC1CC1c1ccc(OCc2ccccc2)cc1. The van der Waals surface area contributed by atoms with Crippen molar-refractivity contribution in [2.45, 2.75) is 25.4 Å². The number of rotatable bonds is 7. The van der Waals surface area contributed by atoms with Crippen LogP contribution in [-0.4, -0.2) is 22.8 Å². The van der Waals surface area contributed by atoms with Gasteiger partial charge in [-0.1, -0.05) is 42.5 Å². The van der Waals surface area contributed by atoms with Gasteiger partial charge >= 0.3 is 6.03 Å². The van der Waals surface area contributed by atoms with Crippen LogP contribution >= 0.6 is 0 Å². The third-order valence-electron chi connectivity index (χ3n) is 4.45. The van der Waals surface area contributed by atoms with Crippen molar-refractivity contribution in [3.8, 4) is 5.75 Å². The summed E-state index contributed by atoms with van der Waals surface area (Å²) in [5, 5.41) is 9.87. The number of nitrogens with zero attached hydrogens (tertiary/aromatic N) is 1. The molecule has 0 aliphatic heterocycles. The van der Waals surface area contributed by atoms with E-state index in [0.717, 1.165) is 24.2 Å². The molecule has 0 heterocycles. The smallest absolute Gasteiger partial charge is 0.338 e. The van der Waals surface area contributed by atoms with Crippen LogP contribution in [0.4, 0.5) is 4.79 Å². The standard InChI is InChI=1S/C19H22N2O3/c20-19(22)21(23)11-10-16-12-18(16)15-6-8-17(9-7-15)24-13-14-4-2-1-3-5-14/h1-9,16,18,23H,10-13H2,(H2,20,22). The first kappa shape index (κ1) is 16.3. The summed E-state index contributed by atoms with van der Waals surface area (Å²) in [6, 6.07) is 17.5. The Morgan fingerprint density at radius 2 is 1.88 bits per heavy atom. The number of amides is 2. The molecule has 2 amide bonds. The van der Waals surface area contributed by atoms with Gasteiger partial charge < -0.3 is 10.5 Å². The van der Waals surface area contributed by atoms with E-state index in [9.17, 15) is 10.0 Å². The molecule has 3 N–H and O–H groups in total. The Bertz CT molecular complexity index is 673. The molecule has 1 saturated carbocycles. The van der Waals surface area contributed by atoms with Crippen molar-refractivity contribution in [3.63, 3.8) is 0 Å². The number of urea groups is 1. The Morgan fingerprint density at radius 1 is 1.17 bits per heavy atom. The third kappa shape index (κ3) is 4.26. The molecule has 5 nitrogen and oxygen atoms in total. The molecule has 5 heteroatoms. The number of primary amides is 1. The first-order valence-corrected chi connectivity index (χ1v) is 8.16. The van der Waals surface area contributed by atoms with Crippen LogP contribution in [-0.2, 0) is 6.61 Å². The molecule has 2 unspecified atom stereocenters. The van der Waals surface area contributed by atoms with E-state index < -0.39 is 6.03 Å². The van der Waals surface area contributed by atoms with Gasteiger partial charge in [0.15, 0.2) is 0 Å².